The van der Waals surface area contributed by atoms with E-state index >= 15 is 0 Å². The summed E-state index contributed by atoms with van der Waals surface area (Å²) in [5.74, 6) is 1.68. The fourth-order valence-corrected chi connectivity index (χ4v) is 4.35. The zero-order valence-corrected chi connectivity index (χ0v) is 16.3. The van der Waals surface area contributed by atoms with Gasteiger partial charge in [0.1, 0.15) is 0 Å². The first-order chi connectivity index (χ1) is 12.1. The summed E-state index contributed by atoms with van der Waals surface area (Å²) >= 11 is 0. The quantitative estimate of drug-likeness (QED) is 0.599. The van der Waals surface area contributed by atoms with E-state index in [0.29, 0.717) is 17.4 Å². The molecule has 1 spiro atoms. The summed E-state index contributed by atoms with van der Waals surface area (Å²) < 4.78 is 11.2. The molecule has 25 heavy (non-hydrogen) atoms. The lowest BCUT2D eigenvalue weighted by Crippen LogP contribution is -2.48. The summed E-state index contributed by atoms with van der Waals surface area (Å²) in [7, 11) is 0. The third-order valence-electron chi connectivity index (χ3n) is 5.97. The molecular weight excluding hydrogens is 316 g/mol. The van der Waals surface area contributed by atoms with Gasteiger partial charge < -0.3 is 19.7 Å². The van der Waals surface area contributed by atoms with Crippen LogP contribution in [0, 0.1) is 11.3 Å². The number of likely N-dealkylation sites (tertiary alicyclic amines) is 1. The number of hydrogen-bond acceptors (Lipinski definition) is 4. The Morgan fingerprint density at radius 2 is 1.92 bits per heavy atom. The normalized spacial score (nSPS) is 29.8. The van der Waals surface area contributed by atoms with Crippen molar-refractivity contribution in [3.63, 3.8) is 0 Å². The second kappa shape index (κ2) is 8.69. The number of hydrogen-bond donors (Lipinski definition) is 1. The first kappa shape index (κ1) is 18.9. The van der Waals surface area contributed by atoms with E-state index in [1.807, 2.05) is 0 Å². The molecule has 0 aromatic heterocycles. The molecule has 2 atom stereocenters. The molecule has 0 saturated carbocycles. The lowest BCUT2D eigenvalue weighted by Gasteiger charge is -2.36. The first-order valence-corrected chi connectivity index (χ1v) is 10.1. The largest absolute Gasteiger partial charge is 0.381 e. The van der Waals surface area contributed by atoms with Crippen molar-refractivity contribution in [2.45, 2.75) is 39.7 Å². The van der Waals surface area contributed by atoms with Crippen molar-refractivity contribution in [3.05, 3.63) is 0 Å². The average Bonchev–Trinajstić information content (AvgIpc) is 3.25. The van der Waals surface area contributed by atoms with Crippen LogP contribution in [0.5, 0.6) is 0 Å². The molecule has 6 heteroatoms. The summed E-state index contributed by atoms with van der Waals surface area (Å²) in [5.41, 5.74) is 0.373. The van der Waals surface area contributed by atoms with Crippen molar-refractivity contribution in [1.82, 2.24) is 15.1 Å². The van der Waals surface area contributed by atoms with Crippen molar-refractivity contribution < 1.29 is 9.47 Å². The molecule has 3 fully saturated rings. The summed E-state index contributed by atoms with van der Waals surface area (Å²) in [6, 6.07) is 0.490. The van der Waals surface area contributed by atoms with Crippen LogP contribution in [0.2, 0.25) is 0 Å². The van der Waals surface area contributed by atoms with Crippen molar-refractivity contribution in [2.75, 3.05) is 65.7 Å². The average molecular weight is 353 g/mol. The van der Waals surface area contributed by atoms with Crippen LogP contribution in [0.3, 0.4) is 0 Å². The van der Waals surface area contributed by atoms with Gasteiger partial charge in [-0.2, -0.15) is 0 Å². The van der Waals surface area contributed by atoms with E-state index in [0.717, 1.165) is 71.7 Å². The Kier molecular flexibility index (Phi) is 6.58. The van der Waals surface area contributed by atoms with E-state index < -0.39 is 0 Å². The van der Waals surface area contributed by atoms with E-state index in [4.69, 9.17) is 14.5 Å². The molecule has 3 heterocycles. The Labute approximate surface area is 152 Å². The highest BCUT2D eigenvalue weighted by molar-refractivity contribution is 5.80. The zero-order valence-electron chi connectivity index (χ0n) is 16.3. The molecule has 6 nitrogen and oxygen atoms in total. The van der Waals surface area contributed by atoms with E-state index in [1.165, 1.54) is 12.8 Å². The van der Waals surface area contributed by atoms with E-state index in [-0.39, 0.29) is 0 Å². The third kappa shape index (κ3) is 4.66. The van der Waals surface area contributed by atoms with Crippen LogP contribution < -0.4 is 5.32 Å². The summed E-state index contributed by atoms with van der Waals surface area (Å²) in [5, 5.41) is 3.52. The predicted octanol–water partition coefficient (Wildman–Crippen LogP) is 1.42. The molecule has 0 amide bonds. The summed E-state index contributed by atoms with van der Waals surface area (Å²) in [6.07, 6.45) is 2.43. The fourth-order valence-electron chi connectivity index (χ4n) is 4.35. The van der Waals surface area contributed by atoms with Crippen LogP contribution in [0.25, 0.3) is 0 Å². The maximum Gasteiger partial charge on any atom is 0.193 e. The smallest absolute Gasteiger partial charge is 0.193 e. The molecule has 0 bridgehead atoms. The number of guanidine groups is 1. The van der Waals surface area contributed by atoms with Crippen LogP contribution in [0.15, 0.2) is 4.99 Å². The molecule has 144 valence electrons. The molecule has 3 rings (SSSR count). The second-order valence-electron chi connectivity index (χ2n) is 8.13. The zero-order chi connectivity index (χ0) is 17.7. The Balaban J connectivity index is 1.64. The number of aliphatic imine (C=N–C) groups is 1. The minimum absolute atomic E-state index is 0.373. The van der Waals surface area contributed by atoms with Gasteiger partial charge in [-0.3, -0.25) is 9.89 Å². The topological polar surface area (TPSA) is 49.3 Å². The number of ether oxygens (including phenoxy) is 2. The van der Waals surface area contributed by atoms with Crippen LogP contribution in [-0.2, 0) is 9.47 Å². The minimum Gasteiger partial charge on any atom is -0.381 e. The standard InChI is InChI=1S/C19H36N4O2/c1-4-20-18(23-7-5-19(14-23)6-10-25-15-19)21-13-17(16(2)3)22-8-11-24-12-9-22/h16-17H,4-15H2,1-3H3,(H,20,21). The van der Waals surface area contributed by atoms with Gasteiger partial charge in [-0.15, -0.1) is 0 Å². The molecule has 3 aliphatic heterocycles. The predicted molar refractivity (Wildman–Crippen MR) is 101 cm³/mol. The van der Waals surface area contributed by atoms with Crippen LogP contribution in [0.1, 0.15) is 33.6 Å². The van der Waals surface area contributed by atoms with Gasteiger partial charge in [0, 0.05) is 50.8 Å². The molecule has 3 saturated heterocycles. The van der Waals surface area contributed by atoms with Gasteiger partial charge in [-0.1, -0.05) is 13.8 Å². The Bertz CT molecular complexity index is 443. The van der Waals surface area contributed by atoms with Crippen molar-refractivity contribution >= 4 is 5.96 Å². The van der Waals surface area contributed by atoms with Gasteiger partial charge in [0.2, 0.25) is 0 Å². The Morgan fingerprint density at radius 1 is 1.12 bits per heavy atom. The van der Waals surface area contributed by atoms with Gasteiger partial charge in [-0.05, 0) is 25.7 Å². The van der Waals surface area contributed by atoms with Crippen molar-refractivity contribution in [3.8, 4) is 0 Å². The van der Waals surface area contributed by atoms with Crippen LogP contribution >= 0.6 is 0 Å². The summed E-state index contributed by atoms with van der Waals surface area (Å²) in [6.45, 7) is 16.3. The van der Waals surface area contributed by atoms with Crippen molar-refractivity contribution in [2.24, 2.45) is 16.3 Å². The van der Waals surface area contributed by atoms with Gasteiger partial charge in [0.25, 0.3) is 0 Å². The van der Waals surface area contributed by atoms with E-state index in [2.05, 4.69) is 35.9 Å². The summed E-state index contributed by atoms with van der Waals surface area (Å²) in [4.78, 5) is 10.1. The highest BCUT2D eigenvalue weighted by Gasteiger charge is 2.42. The minimum atomic E-state index is 0.373. The Hall–Kier alpha value is -0.850. The molecule has 2 unspecified atom stereocenters. The molecule has 0 aromatic rings. The van der Waals surface area contributed by atoms with Gasteiger partial charge in [0.05, 0.1) is 26.4 Å². The number of nitrogens with zero attached hydrogens (tertiary/aromatic N) is 3. The Morgan fingerprint density at radius 3 is 2.56 bits per heavy atom. The fraction of sp³-hybridized carbons (Fsp3) is 0.947. The van der Waals surface area contributed by atoms with Gasteiger partial charge >= 0.3 is 0 Å². The maximum absolute atomic E-state index is 5.67. The lowest BCUT2D eigenvalue weighted by atomic mass is 9.87. The van der Waals surface area contributed by atoms with Gasteiger partial charge in [-0.25, -0.2) is 0 Å². The second-order valence-corrected chi connectivity index (χ2v) is 8.13. The number of nitrogens with one attached hydrogen (secondary N) is 1. The molecule has 3 aliphatic rings. The molecule has 1 N–H and O–H groups in total. The molecule has 0 aliphatic carbocycles. The third-order valence-corrected chi connectivity index (χ3v) is 5.97. The molecular formula is C19H36N4O2. The SMILES string of the molecule is CCNC(=NCC(C(C)C)N1CCOCC1)N1CCC2(CCOC2)C1. The van der Waals surface area contributed by atoms with Crippen LogP contribution in [0.4, 0.5) is 0 Å². The highest BCUT2D eigenvalue weighted by atomic mass is 16.5. The monoisotopic (exact) mass is 352 g/mol. The molecule has 0 radical (unpaired) electrons. The van der Waals surface area contributed by atoms with E-state index in [1.54, 1.807) is 0 Å². The van der Waals surface area contributed by atoms with Crippen LogP contribution in [-0.4, -0.2) is 87.5 Å². The van der Waals surface area contributed by atoms with E-state index in [9.17, 15) is 0 Å². The van der Waals surface area contributed by atoms with Gasteiger partial charge in [0.15, 0.2) is 5.96 Å². The number of rotatable bonds is 5. The number of morpholine rings is 1. The lowest BCUT2D eigenvalue weighted by molar-refractivity contribution is 0.00863. The highest BCUT2D eigenvalue weighted by Crippen LogP contribution is 2.38. The van der Waals surface area contributed by atoms with Crippen molar-refractivity contribution in [1.29, 1.82) is 0 Å². The molecule has 0 aromatic carbocycles. The maximum atomic E-state index is 5.67. The first-order valence-electron chi connectivity index (χ1n) is 10.1.